The second-order valence-electron chi connectivity index (χ2n) is 3.69. The Morgan fingerprint density at radius 3 is 2.89 bits per heavy atom. The van der Waals surface area contributed by atoms with Crippen LogP contribution in [0.1, 0.15) is 6.42 Å². The van der Waals surface area contributed by atoms with Crippen LogP contribution in [0.2, 0.25) is 0 Å². The summed E-state index contributed by atoms with van der Waals surface area (Å²) < 4.78 is 21.3. The zero-order valence-corrected chi connectivity index (χ0v) is 9.97. The van der Waals surface area contributed by atoms with Gasteiger partial charge >= 0.3 is 5.97 Å². The summed E-state index contributed by atoms with van der Waals surface area (Å²) in [7, 11) is 1.50. The van der Waals surface area contributed by atoms with Crippen molar-refractivity contribution in [1.29, 1.82) is 0 Å². The van der Waals surface area contributed by atoms with E-state index < -0.39 is 12.6 Å². The normalized spacial score (nSPS) is 13.6. The fraction of sp³-hybridized carbons (Fsp3) is 0.417. The summed E-state index contributed by atoms with van der Waals surface area (Å²) in [5, 5.41) is 8.57. The van der Waals surface area contributed by atoms with Crippen molar-refractivity contribution in [3.8, 4) is 23.0 Å². The lowest BCUT2D eigenvalue weighted by Crippen LogP contribution is -2.09. The molecule has 0 radical (unpaired) electrons. The van der Waals surface area contributed by atoms with E-state index in [1.807, 2.05) is 0 Å². The monoisotopic (exact) mass is 254 g/mol. The Morgan fingerprint density at radius 2 is 2.17 bits per heavy atom. The van der Waals surface area contributed by atoms with E-state index in [1.165, 1.54) is 7.11 Å². The van der Waals surface area contributed by atoms with Crippen LogP contribution in [0.3, 0.4) is 0 Å². The minimum Gasteiger partial charge on any atom is -0.493 e. The van der Waals surface area contributed by atoms with Gasteiger partial charge in [-0.15, -0.1) is 0 Å². The lowest BCUT2D eigenvalue weighted by atomic mass is 10.2. The zero-order chi connectivity index (χ0) is 13.0. The van der Waals surface area contributed by atoms with E-state index in [-0.39, 0.29) is 0 Å². The molecule has 1 heterocycles. The van der Waals surface area contributed by atoms with Crippen molar-refractivity contribution in [2.45, 2.75) is 6.42 Å². The van der Waals surface area contributed by atoms with Crippen molar-refractivity contribution >= 4 is 5.97 Å². The molecule has 6 heteroatoms. The van der Waals surface area contributed by atoms with Crippen LogP contribution in [0, 0.1) is 0 Å². The van der Waals surface area contributed by atoms with Gasteiger partial charge in [-0.05, 0) is 0 Å². The maximum Gasteiger partial charge on any atom is 0.341 e. The van der Waals surface area contributed by atoms with E-state index >= 15 is 0 Å². The highest BCUT2D eigenvalue weighted by Gasteiger charge is 2.18. The van der Waals surface area contributed by atoms with Crippen LogP contribution < -0.4 is 18.9 Å². The van der Waals surface area contributed by atoms with Gasteiger partial charge in [0.1, 0.15) is 5.75 Å². The summed E-state index contributed by atoms with van der Waals surface area (Å²) in [6.07, 6.45) is 0.781. The van der Waals surface area contributed by atoms with Crippen LogP contribution in [0.25, 0.3) is 0 Å². The maximum absolute atomic E-state index is 10.5. The molecule has 0 unspecified atom stereocenters. The van der Waals surface area contributed by atoms with E-state index in [9.17, 15) is 4.79 Å². The SMILES string of the molecule is COc1cc(OCC(=O)O)cc2c1OCCCO2. The van der Waals surface area contributed by atoms with Gasteiger partial charge in [-0.1, -0.05) is 0 Å². The van der Waals surface area contributed by atoms with Gasteiger partial charge in [0.25, 0.3) is 0 Å². The van der Waals surface area contributed by atoms with E-state index in [2.05, 4.69) is 0 Å². The van der Waals surface area contributed by atoms with Crippen LogP contribution in [-0.2, 0) is 4.79 Å². The molecule has 0 atom stereocenters. The first-order valence-corrected chi connectivity index (χ1v) is 5.53. The molecule has 0 fully saturated rings. The molecule has 1 aliphatic heterocycles. The van der Waals surface area contributed by atoms with Crippen molar-refractivity contribution < 1.29 is 28.8 Å². The van der Waals surface area contributed by atoms with Gasteiger partial charge in [-0.25, -0.2) is 4.79 Å². The quantitative estimate of drug-likeness (QED) is 0.873. The van der Waals surface area contributed by atoms with Crippen LogP contribution >= 0.6 is 0 Å². The Balaban J connectivity index is 2.27. The standard InChI is InChI=1S/C12H14O6/c1-15-9-5-8(18-7-11(13)14)6-10-12(9)17-4-2-3-16-10/h5-6H,2-4,7H2,1H3,(H,13,14). The van der Waals surface area contributed by atoms with E-state index in [0.29, 0.717) is 36.2 Å². The molecule has 1 N–H and O–H groups in total. The minimum absolute atomic E-state index is 0.374. The van der Waals surface area contributed by atoms with Gasteiger partial charge in [0.15, 0.2) is 18.1 Å². The summed E-state index contributed by atoms with van der Waals surface area (Å²) in [6, 6.07) is 3.18. The lowest BCUT2D eigenvalue weighted by Gasteiger charge is -2.13. The topological polar surface area (TPSA) is 74.2 Å². The number of carboxylic acid groups (broad SMARTS) is 1. The summed E-state index contributed by atoms with van der Waals surface area (Å²) in [6.45, 7) is 0.681. The van der Waals surface area contributed by atoms with Gasteiger partial charge in [-0.2, -0.15) is 0 Å². The second-order valence-corrected chi connectivity index (χ2v) is 3.69. The van der Waals surface area contributed by atoms with Gasteiger partial charge in [0.2, 0.25) is 5.75 Å². The molecule has 6 nitrogen and oxygen atoms in total. The summed E-state index contributed by atoms with van der Waals surface area (Å²) in [5.41, 5.74) is 0. The first-order chi connectivity index (χ1) is 8.70. The molecule has 0 bridgehead atoms. The van der Waals surface area contributed by atoms with Gasteiger partial charge in [0.05, 0.1) is 20.3 Å². The predicted octanol–water partition coefficient (Wildman–Crippen LogP) is 1.32. The lowest BCUT2D eigenvalue weighted by molar-refractivity contribution is -0.139. The van der Waals surface area contributed by atoms with E-state index in [0.717, 1.165) is 6.42 Å². The number of hydrogen-bond acceptors (Lipinski definition) is 5. The number of ether oxygens (including phenoxy) is 4. The predicted molar refractivity (Wildman–Crippen MR) is 61.7 cm³/mol. The summed E-state index contributed by atoms with van der Waals surface area (Å²) in [4.78, 5) is 10.5. The molecule has 18 heavy (non-hydrogen) atoms. The third kappa shape index (κ3) is 2.77. The molecule has 0 spiro atoms. The number of methoxy groups -OCH3 is 1. The van der Waals surface area contributed by atoms with Crippen LogP contribution in [0.5, 0.6) is 23.0 Å². The maximum atomic E-state index is 10.5. The third-order valence-corrected chi connectivity index (χ3v) is 2.37. The molecule has 2 rings (SSSR count). The molecule has 1 aromatic carbocycles. The van der Waals surface area contributed by atoms with E-state index in [4.69, 9.17) is 24.1 Å². The third-order valence-electron chi connectivity index (χ3n) is 2.37. The summed E-state index contributed by atoms with van der Waals surface area (Å²) >= 11 is 0. The zero-order valence-electron chi connectivity index (χ0n) is 9.97. The average molecular weight is 254 g/mol. The Labute approximate surface area is 104 Å². The van der Waals surface area contributed by atoms with Gasteiger partial charge < -0.3 is 24.1 Å². The average Bonchev–Trinajstić information content (AvgIpc) is 2.60. The Hall–Kier alpha value is -2.11. The highest BCUT2D eigenvalue weighted by Crippen LogP contribution is 2.42. The van der Waals surface area contributed by atoms with Crippen LogP contribution in [0.15, 0.2) is 12.1 Å². The molecule has 0 saturated carbocycles. The number of benzene rings is 1. The molecular formula is C12H14O6. The van der Waals surface area contributed by atoms with E-state index in [1.54, 1.807) is 12.1 Å². The van der Waals surface area contributed by atoms with Gasteiger partial charge in [0, 0.05) is 18.6 Å². The van der Waals surface area contributed by atoms with Crippen molar-refractivity contribution in [3.05, 3.63) is 12.1 Å². The summed E-state index contributed by atoms with van der Waals surface area (Å²) in [5.74, 6) is 0.833. The fourth-order valence-electron chi connectivity index (χ4n) is 1.60. The molecule has 0 saturated heterocycles. The minimum atomic E-state index is -1.04. The first-order valence-electron chi connectivity index (χ1n) is 5.53. The molecular weight excluding hydrogens is 240 g/mol. The molecule has 0 aromatic heterocycles. The molecule has 1 aliphatic rings. The Morgan fingerprint density at radius 1 is 1.39 bits per heavy atom. The smallest absolute Gasteiger partial charge is 0.341 e. The number of aliphatic carboxylic acids is 1. The Kier molecular flexibility index (Phi) is 3.76. The number of hydrogen-bond donors (Lipinski definition) is 1. The molecule has 1 aromatic rings. The van der Waals surface area contributed by atoms with Crippen LogP contribution in [-0.4, -0.2) is 38.0 Å². The van der Waals surface area contributed by atoms with Crippen molar-refractivity contribution in [1.82, 2.24) is 0 Å². The molecule has 0 amide bonds. The number of carboxylic acids is 1. The van der Waals surface area contributed by atoms with Crippen molar-refractivity contribution in [2.75, 3.05) is 26.9 Å². The Bertz CT molecular complexity index is 442. The highest BCUT2D eigenvalue weighted by molar-refractivity contribution is 5.68. The van der Waals surface area contributed by atoms with Crippen molar-refractivity contribution in [2.24, 2.45) is 0 Å². The molecule has 0 aliphatic carbocycles. The molecule has 98 valence electrons. The number of carbonyl (C=O) groups is 1. The first kappa shape index (κ1) is 12.3. The number of fused-ring (bicyclic) bond motifs is 1. The highest BCUT2D eigenvalue weighted by atomic mass is 16.6. The van der Waals surface area contributed by atoms with Crippen molar-refractivity contribution in [3.63, 3.8) is 0 Å². The second kappa shape index (κ2) is 5.48. The fourth-order valence-corrected chi connectivity index (χ4v) is 1.60. The van der Waals surface area contributed by atoms with Crippen LogP contribution in [0.4, 0.5) is 0 Å². The largest absolute Gasteiger partial charge is 0.493 e. The number of rotatable bonds is 4. The van der Waals surface area contributed by atoms with Gasteiger partial charge in [-0.3, -0.25) is 0 Å².